The van der Waals surface area contributed by atoms with Crippen LogP contribution in [0.2, 0.25) is 10.0 Å². The van der Waals surface area contributed by atoms with Crippen LogP contribution < -0.4 is 5.32 Å². The molecule has 1 rings (SSSR count). The van der Waals surface area contributed by atoms with Crippen molar-refractivity contribution < 1.29 is 13.2 Å². The molecular weight excluding hydrogens is 321 g/mol. The standard InChI is InChI=1S/C13H19Cl2NO3S/c1-3-6-16-10(8-19-2)9-20(17,18)11-4-5-12(14)13(15)7-11/h4-5,7,10,16H,3,6,8-9H2,1-2H3. The minimum atomic E-state index is -3.44. The summed E-state index contributed by atoms with van der Waals surface area (Å²) in [5.74, 6) is -0.0429. The van der Waals surface area contributed by atoms with Crippen molar-refractivity contribution >= 4 is 33.0 Å². The quantitative estimate of drug-likeness (QED) is 0.791. The van der Waals surface area contributed by atoms with E-state index in [1.807, 2.05) is 6.92 Å². The van der Waals surface area contributed by atoms with Crippen LogP contribution in [-0.2, 0) is 14.6 Å². The summed E-state index contributed by atoms with van der Waals surface area (Å²) in [6.45, 7) is 3.09. The highest BCUT2D eigenvalue weighted by Gasteiger charge is 2.21. The smallest absolute Gasteiger partial charge is 0.180 e. The second kappa shape index (κ2) is 8.20. The number of nitrogens with one attached hydrogen (secondary N) is 1. The number of sulfone groups is 1. The maximum absolute atomic E-state index is 12.3. The number of ether oxygens (including phenoxy) is 1. The lowest BCUT2D eigenvalue weighted by atomic mass is 10.3. The van der Waals surface area contributed by atoms with Crippen LogP contribution in [0.5, 0.6) is 0 Å². The second-order valence-electron chi connectivity index (χ2n) is 4.46. The molecule has 1 aromatic rings. The molecule has 0 aromatic heterocycles. The van der Waals surface area contributed by atoms with E-state index in [-0.39, 0.29) is 21.7 Å². The predicted molar refractivity (Wildman–Crippen MR) is 82.5 cm³/mol. The van der Waals surface area contributed by atoms with Crippen LogP contribution >= 0.6 is 23.2 Å². The van der Waals surface area contributed by atoms with Gasteiger partial charge in [-0.3, -0.25) is 0 Å². The van der Waals surface area contributed by atoms with Gasteiger partial charge in [0.15, 0.2) is 9.84 Å². The summed E-state index contributed by atoms with van der Waals surface area (Å²) in [6.07, 6.45) is 0.924. The van der Waals surface area contributed by atoms with Gasteiger partial charge in [0.05, 0.1) is 27.3 Å². The van der Waals surface area contributed by atoms with Gasteiger partial charge in [-0.2, -0.15) is 0 Å². The van der Waals surface area contributed by atoms with Gasteiger partial charge in [0.25, 0.3) is 0 Å². The van der Waals surface area contributed by atoms with E-state index in [9.17, 15) is 8.42 Å². The molecule has 0 aliphatic heterocycles. The Hall–Kier alpha value is -0.330. The van der Waals surface area contributed by atoms with Gasteiger partial charge in [0.2, 0.25) is 0 Å². The number of hydrogen-bond donors (Lipinski definition) is 1. The van der Waals surface area contributed by atoms with Crippen molar-refractivity contribution in [2.75, 3.05) is 26.0 Å². The number of halogens is 2. The van der Waals surface area contributed by atoms with Crippen molar-refractivity contribution in [3.63, 3.8) is 0 Å². The van der Waals surface area contributed by atoms with Crippen LogP contribution in [0.1, 0.15) is 13.3 Å². The van der Waals surface area contributed by atoms with Gasteiger partial charge in [0, 0.05) is 13.2 Å². The fourth-order valence-corrected chi connectivity index (χ4v) is 3.62. The molecule has 7 heteroatoms. The summed E-state index contributed by atoms with van der Waals surface area (Å²) in [5, 5.41) is 3.73. The van der Waals surface area contributed by atoms with Crippen LogP contribution in [0.3, 0.4) is 0 Å². The van der Waals surface area contributed by atoms with Crippen molar-refractivity contribution in [1.29, 1.82) is 0 Å². The Kier molecular flexibility index (Phi) is 7.26. The minimum absolute atomic E-state index is 0.0429. The predicted octanol–water partition coefficient (Wildman–Crippen LogP) is 2.78. The van der Waals surface area contributed by atoms with E-state index >= 15 is 0 Å². The molecule has 0 saturated carbocycles. The SMILES string of the molecule is CCCNC(COC)CS(=O)(=O)c1ccc(Cl)c(Cl)c1. The largest absolute Gasteiger partial charge is 0.383 e. The zero-order valence-corrected chi connectivity index (χ0v) is 13.9. The Morgan fingerprint density at radius 2 is 2.00 bits per heavy atom. The third kappa shape index (κ3) is 5.22. The summed E-state index contributed by atoms with van der Waals surface area (Å²) in [4.78, 5) is 0.173. The van der Waals surface area contributed by atoms with Crippen LogP contribution in [0.15, 0.2) is 23.1 Å². The Balaban J connectivity index is 2.87. The Labute approximate surface area is 130 Å². The van der Waals surface area contributed by atoms with Gasteiger partial charge < -0.3 is 10.1 Å². The summed E-state index contributed by atoms with van der Waals surface area (Å²) in [5.41, 5.74) is 0. The molecule has 20 heavy (non-hydrogen) atoms. The highest BCUT2D eigenvalue weighted by atomic mass is 35.5. The Morgan fingerprint density at radius 1 is 1.30 bits per heavy atom. The Bertz CT molecular complexity index is 534. The first-order valence-corrected chi connectivity index (χ1v) is 8.71. The van der Waals surface area contributed by atoms with E-state index < -0.39 is 9.84 Å². The lowest BCUT2D eigenvalue weighted by Gasteiger charge is -2.17. The number of methoxy groups -OCH3 is 1. The summed E-state index contributed by atoms with van der Waals surface area (Å²) >= 11 is 11.7. The minimum Gasteiger partial charge on any atom is -0.383 e. The third-order valence-electron chi connectivity index (χ3n) is 2.72. The van der Waals surface area contributed by atoms with E-state index in [1.165, 1.54) is 18.2 Å². The Morgan fingerprint density at radius 3 is 2.55 bits per heavy atom. The van der Waals surface area contributed by atoms with Gasteiger partial charge in [-0.25, -0.2) is 8.42 Å². The number of rotatable bonds is 8. The molecule has 4 nitrogen and oxygen atoms in total. The second-order valence-corrected chi connectivity index (χ2v) is 7.31. The van der Waals surface area contributed by atoms with E-state index in [4.69, 9.17) is 27.9 Å². The molecule has 114 valence electrons. The first kappa shape index (κ1) is 17.7. The lowest BCUT2D eigenvalue weighted by molar-refractivity contribution is 0.173. The maximum Gasteiger partial charge on any atom is 0.180 e. The molecule has 0 bridgehead atoms. The van der Waals surface area contributed by atoms with Gasteiger partial charge in [-0.15, -0.1) is 0 Å². The van der Waals surface area contributed by atoms with Crippen LogP contribution in [-0.4, -0.2) is 40.5 Å². The first-order valence-electron chi connectivity index (χ1n) is 6.30. The monoisotopic (exact) mass is 339 g/mol. The van der Waals surface area contributed by atoms with Gasteiger partial charge in [0.1, 0.15) is 0 Å². The molecule has 1 atom stereocenters. The molecule has 0 fully saturated rings. The average Bonchev–Trinajstić information content (AvgIpc) is 2.39. The fourth-order valence-electron chi connectivity index (χ4n) is 1.75. The zero-order chi connectivity index (χ0) is 15.2. The topological polar surface area (TPSA) is 55.4 Å². The molecule has 1 unspecified atom stereocenters. The summed E-state index contributed by atoms with van der Waals surface area (Å²) in [7, 11) is -1.89. The molecule has 0 spiro atoms. The summed E-state index contributed by atoms with van der Waals surface area (Å²) in [6, 6.07) is 4.08. The molecule has 0 aliphatic rings. The lowest BCUT2D eigenvalue weighted by Crippen LogP contribution is -2.39. The van der Waals surface area contributed by atoms with Crippen molar-refractivity contribution in [3.05, 3.63) is 28.2 Å². The van der Waals surface area contributed by atoms with E-state index in [2.05, 4.69) is 5.32 Å². The van der Waals surface area contributed by atoms with Gasteiger partial charge in [-0.1, -0.05) is 30.1 Å². The first-order chi connectivity index (χ1) is 9.40. The number of benzene rings is 1. The van der Waals surface area contributed by atoms with Crippen molar-refractivity contribution in [2.45, 2.75) is 24.3 Å². The molecule has 0 radical (unpaired) electrons. The van der Waals surface area contributed by atoms with E-state index in [0.29, 0.717) is 11.6 Å². The average molecular weight is 340 g/mol. The summed E-state index contributed by atoms with van der Waals surface area (Å²) < 4.78 is 29.7. The van der Waals surface area contributed by atoms with Crippen molar-refractivity contribution in [3.8, 4) is 0 Å². The van der Waals surface area contributed by atoms with Crippen molar-refractivity contribution in [1.82, 2.24) is 5.32 Å². The molecule has 0 aliphatic carbocycles. The molecular formula is C13H19Cl2NO3S. The molecule has 1 N–H and O–H groups in total. The van der Waals surface area contributed by atoms with Crippen molar-refractivity contribution in [2.24, 2.45) is 0 Å². The third-order valence-corrected chi connectivity index (χ3v) is 5.27. The number of hydrogen-bond acceptors (Lipinski definition) is 4. The van der Waals surface area contributed by atoms with Gasteiger partial charge >= 0.3 is 0 Å². The van der Waals surface area contributed by atoms with E-state index in [0.717, 1.165) is 13.0 Å². The van der Waals surface area contributed by atoms with Crippen LogP contribution in [0.4, 0.5) is 0 Å². The normalized spacial score (nSPS) is 13.4. The van der Waals surface area contributed by atoms with Crippen LogP contribution in [0.25, 0.3) is 0 Å². The molecule has 0 saturated heterocycles. The highest BCUT2D eigenvalue weighted by Crippen LogP contribution is 2.25. The molecule has 1 aromatic carbocycles. The van der Waals surface area contributed by atoms with Gasteiger partial charge in [-0.05, 0) is 31.2 Å². The fraction of sp³-hybridized carbons (Fsp3) is 0.538. The van der Waals surface area contributed by atoms with Crippen LogP contribution in [0, 0.1) is 0 Å². The van der Waals surface area contributed by atoms with E-state index in [1.54, 1.807) is 7.11 Å². The highest BCUT2D eigenvalue weighted by molar-refractivity contribution is 7.91. The maximum atomic E-state index is 12.3. The zero-order valence-electron chi connectivity index (χ0n) is 11.5. The molecule has 0 amide bonds. The molecule has 0 heterocycles.